The first-order valence-electron chi connectivity index (χ1n) is 12.4. The number of hydrogen-bond donors (Lipinski definition) is 0. The van der Waals surface area contributed by atoms with Crippen LogP contribution in [0.25, 0.3) is 0 Å². The van der Waals surface area contributed by atoms with Crippen LogP contribution in [0.4, 0.5) is 0 Å². The third-order valence-electron chi connectivity index (χ3n) is 5.50. The van der Waals surface area contributed by atoms with Crippen LogP contribution in [-0.2, 0) is 19.1 Å². The number of rotatable bonds is 20. The topological polar surface area (TPSA) is 52.6 Å². The van der Waals surface area contributed by atoms with E-state index in [4.69, 9.17) is 9.47 Å². The van der Waals surface area contributed by atoms with E-state index in [0.29, 0.717) is 19.6 Å². The Labute approximate surface area is 180 Å². The van der Waals surface area contributed by atoms with Gasteiger partial charge in [0.25, 0.3) is 0 Å². The fourth-order valence-electron chi connectivity index (χ4n) is 3.47. The van der Waals surface area contributed by atoms with Crippen molar-refractivity contribution in [1.29, 1.82) is 0 Å². The molecule has 0 rings (SSSR count). The summed E-state index contributed by atoms with van der Waals surface area (Å²) in [5.41, 5.74) is 0. The lowest BCUT2D eigenvalue weighted by Gasteiger charge is -2.16. The number of ether oxygens (including phenoxy) is 2. The Kier molecular flexibility index (Phi) is 19.5. The molecule has 2 atom stereocenters. The summed E-state index contributed by atoms with van der Waals surface area (Å²) in [5, 5.41) is 0. The second-order valence-corrected chi connectivity index (χ2v) is 8.62. The summed E-state index contributed by atoms with van der Waals surface area (Å²) < 4.78 is 10.7. The van der Waals surface area contributed by atoms with Gasteiger partial charge in [-0.15, -0.1) is 0 Å². The van der Waals surface area contributed by atoms with Gasteiger partial charge in [-0.1, -0.05) is 105 Å². The first kappa shape index (κ1) is 27.9. The molecular weight excluding hydrogens is 364 g/mol. The number of unbranched alkanes of at least 4 members (excludes halogenated alkanes) is 12. The minimum Gasteiger partial charge on any atom is -0.465 e. The zero-order valence-corrected chi connectivity index (χ0v) is 19.8. The summed E-state index contributed by atoms with van der Waals surface area (Å²) in [5.74, 6) is -0.910. The van der Waals surface area contributed by atoms with Gasteiger partial charge in [0.1, 0.15) is 0 Å². The monoisotopic (exact) mass is 412 g/mol. The molecule has 0 aromatic rings. The van der Waals surface area contributed by atoms with Gasteiger partial charge in [-0.2, -0.15) is 0 Å². The normalized spacial score (nSPS) is 13.1. The molecule has 2 unspecified atom stereocenters. The van der Waals surface area contributed by atoms with Gasteiger partial charge in [-0.25, -0.2) is 0 Å². The third-order valence-corrected chi connectivity index (χ3v) is 5.50. The Balaban J connectivity index is 3.70. The van der Waals surface area contributed by atoms with Crippen molar-refractivity contribution in [1.82, 2.24) is 0 Å². The maximum atomic E-state index is 12.1. The summed E-state index contributed by atoms with van der Waals surface area (Å²) >= 11 is 0. The maximum Gasteiger partial charge on any atom is 0.308 e. The molecule has 0 aromatic carbocycles. The van der Waals surface area contributed by atoms with Crippen molar-refractivity contribution in [2.45, 2.75) is 124 Å². The van der Waals surface area contributed by atoms with Crippen molar-refractivity contribution in [3.05, 3.63) is 0 Å². The molecule has 4 nitrogen and oxygen atoms in total. The fourth-order valence-corrected chi connectivity index (χ4v) is 3.47. The molecule has 0 radical (unpaired) electrons. The molecule has 0 spiro atoms. The van der Waals surface area contributed by atoms with Gasteiger partial charge in [0.05, 0.1) is 25.0 Å². The number of carbonyl (C=O) groups excluding carboxylic acids is 2. The number of hydrogen-bond acceptors (Lipinski definition) is 4. The molecule has 0 aliphatic carbocycles. The highest BCUT2D eigenvalue weighted by molar-refractivity contribution is 5.75. The highest BCUT2D eigenvalue weighted by Gasteiger charge is 2.22. The van der Waals surface area contributed by atoms with Crippen LogP contribution in [0.3, 0.4) is 0 Å². The Morgan fingerprint density at radius 3 is 1.21 bits per heavy atom. The van der Waals surface area contributed by atoms with Crippen molar-refractivity contribution in [2.24, 2.45) is 11.8 Å². The quantitative estimate of drug-likeness (QED) is 0.156. The summed E-state index contributed by atoms with van der Waals surface area (Å²) in [6.45, 7) is 9.11. The molecule has 172 valence electrons. The smallest absolute Gasteiger partial charge is 0.308 e. The second kappa shape index (κ2) is 20.2. The molecular formula is C25H48O4. The molecule has 0 N–H and O–H groups in total. The van der Waals surface area contributed by atoms with Crippen LogP contribution in [0.5, 0.6) is 0 Å². The molecule has 0 aromatic heterocycles. The van der Waals surface area contributed by atoms with E-state index in [1.165, 1.54) is 64.2 Å². The summed E-state index contributed by atoms with van der Waals surface area (Å²) in [6.07, 6.45) is 17.3. The van der Waals surface area contributed by atoms with E-state index in [1.54, 1.807) is 0 Å². The van der Waals surface area contributed by atoms with Gasteiger partial charge in [0, 0.05) is 0 Å². The van der Waals surface area contributed by atoms with Crippen LogP contribution in [0.2, 0.25) is 0 Å². The molecule has 4 heteroatoms. The van der Waals surface area contributed by atoms with Gasteiger partial charge in [-0.05, 0) is 19.3 Å². The SMILES string of the molecule is CCCCCCCCCOC(=O)C(C)CC(C)C(=O)OCCCCCCCCC. The Hall–Kier alpha value is -1.06. The molecule has 0 heterocycles. The van der Waals surface area contributed by atoms with Crippen LogP contribution >= 0.6 is 0 Å². The van der Waals surface area contributed by atoms with E-state index in [1.807, 2.05) is 13.8 Å². The number of carbonyl (C=O) groups is 2. The van der Waals surface area contributed by atoms with Crippen molar-refractivity contribution in [3.8, 4) is 0 Å². The lowest BCUT2D eigenvalue weighted by Crippen LogP contribution is -2.23. The Morgan fingerprint density at radius 1 is 0.552 bits per heavy atom. The van der Waals surface area contributed by atoms with E-state index < -0.39 is 0 Å². The molecule has 29 heavy (non-hydrogen) atoms. The lowest BCUT2D eigenvalue weighted by atomic mass is 9.97. The van der Waals surface area contributed by atoms with E-state index in [2.05, 4.69) is 13.8 Å². The largest absolute Gasteiger partial charge is 0.465 e. The number of esters is 2. The summed E-state index contributed by atoms with van der Waals surface area (Å²) in [7, 11) is 0. The first-order chi connectivity index (χ1) is 14.0. The molecule has 0 aliphatic heterocycles. The van der Waals surface area contributed by atoms with Crippen molar-refractivity contribution in [3.63, 3.8) is 0 Å². The highest BCUT2D eigenvalue weighted by atomic mass is 16.5. The maximum absolute atomic E-state index is 12.1. The van der Waals surface area contributed by atoms with Gasteiger partial charge in [0.15, 0.2) is 0 Å². The summed E-state index contributed by atoms with van der Waals surface area (Å²) in [4.78, 5) is 24.2. The highest BCUT2D eigenvalue weighted by Crippen LogP contribution is 2.16. The van der Waals surface area contributed by atoms with Crippen LogP contribution in [0, 0.1) is 11.8 Å². The van der Waals surface area contributed by atoms with E-state index >= 15 is 0 Å². The van der Waals surface area contributed by atoms with Crippen LogP contribution < -0.4 is 0 Å². The molecule has 0 bridgehead atoms. The average Bonchev–Trinajstić information content (AvgIpc) is 2.71. The van der Waals surface area contributed by atoms with Crippen LogP contribution in [0.1, 0.15) is 124 Å². The first-order valence-corrected chi connectivity index (χ1v) is 12.4. The lowest BCUT2D eigenvalue weighted by molar-refractivity contribution is -0.152. The van der Waals surface area contributed by atoms with Crippen molar-refractivity contribution >= 4 is 11.9 Å². The van der Waals surface area contributed by atoms with Crippen LogP contribution in [0.15, 0.2) is 0 Å². The van der Waals surface area contributed by atoms with Crippen molar-refractivity contribution < 1.29 is 19.1 Å². The van der Waals surface area contributed by atoms with Gasteiger partial charge in [0.2, 0.25) is 0 Å². The van der Waals surface area contributed by atoms with Gasteiger partial charge >= 0.3 is 11.9 Å². The zero-order chi connectivity index (χ0) is 21.7. The van der Waals surface area contributed by atoms with Gasteiger partial charge < -0.3 is 9.47 Å². The van der Waals surface area contributed by atoms with E-state index in [-0.39, 0.29) is 23.8 Å². The Bertz CT molecular complexity index is 358. The van der Waals surface area contributed by atoms with E-state index in [0.717, 1.165) is 25.7 Å². The van der Waals surface area contributed by atoms with E-state index in [9.17, 15) is 9.59 Å². The molecule has 0 fully saturated rings. The minimum atomic E-state index is -0.263. The fraction of sp³-hybridized carbons (Fsp3) is 0.920. The van der Waals surface area contributed by atoms with Crippen LogP contribution in [-0.4, -0.2) is 25.2 Å². The van der Waals surface area contributed by atoms with Crippen molar-refractivity contribution in [2.75, 3.05) is 13.2 Å². The minimum absolute atomic E-state index is 0.192. The predicted molar refractivity (Wildman–Crippen MR) is 121 cm³/mol. The summed E-state index contributed by atoms with van der Waals surface area (Å²) in [6, 6.07) is 0. The predicted octanol–water partition coefficient (Wildman–Crippen LogP) is 7.24. The molecule has 0 saturated carbocycles. The van der Waals surface area contributed by atoms with Gasteiger partial charge in [-0.3, -0.25) is 9.59 Å². The second-order valence-electron chi connectivity index (χ2n) is 8.62. The Morgan fingerprint density at radius 2 is 0.862 bits per heavy atom. The molecule has 0 aliphatic rings. The third kappa shape index (κ3) is 17.5. The molecule has 0 amide bonds. The molecule has 0 saturated heterocycles. The standard InChI is InChI=1S/C25H48O4/c1-5-7-9-11-13-15-17-19-28-24(26)22(3)21-23(4)25(27)29-20-18-16-14-12-10-8-6-2/h22-23H,5-21H2,1-4H3. The zero-order valence-electron chi connectivity index (χ0n) is 19.8. The average molecular weight is 413 g/mol.